The van der Waals surface area contributed by atoms with Crippen molar-refractivity contribution in [1.29, 1.82) is 0 Å². The number of nitrogens with zero attached hydrogens (tertiary/aromatic N) is 1. The molecule has 1 amide bonds. The lowest BCUT2D eigenvalue weighted by molar-refractivity contribution is -0.144. The van der Waals surface area contributed by atoms with Gasteiger partial charge >= 0.3 is 5.97 Å². The summed E-state index contributed by atoms with van der Waals surface area (Å²) in [5, 5.41) is 8.75. The van der Waals surface area contributed by atoms with E-state index in [1.54, 1.807) is 0 Å². The summed E-state index contributed by atoms with van der Waals surface area (Å²) < 4.78 is 0. The molecule has 0 atom stereocenters. The first-order valence-corrected chi connectivity index (χ1v) is 4.10. The summed E-state index contributed by atoms with van der Waals surface area (Å²) in [6.07, 6.45) is 2.40. The Kier molecular flexibility index (Phi) is 3.02. The lowest BCUT2D eigenvalue weighted by Gasteiger charge is -2.30. The summed E-state index contributed by atoms with van der Waals surface area (Å²) in [6, 6.07) is 0. The molecule has 1 aliphatic rings. The third-order valence-corrected chi connectivity index (χ3v) is 1.86. The molecule has 0 radical (unpaired) electrons. The standard InChI is InChI=1S/C8H12N2O3/c9-4-1-2-6(8(12)13)10-5-3-7(10)11/h2H,1,3-5,9H2,(H,12,13)/b6-2+. The fourth-order valence-corrected chi connectivity index (χ4v) is 1.10. The summed E-state index contributed by atoms with van der Waals surface area (Å²) >= 11 is 0. The number of nitrogens with two attached hydrogens (primary N) is 1. The topological polar surface area (TPSA) is 83.6 Å². The van der Waals surface area contributed by atoms with Crippen molar-refractivity contribution in [2.75, 3.05) is 13.1 Å². The lowest BCUT2D eigenvalue weighted by atomic mass is 10.1. The average Bonchev–Trinajstić information content (AvgIpc) is 2.08. The van der Waals surface area contributed by atoms with Crippen LogP contribution in [0.2, 0.25) is 0 Å². The summed E-state index contributed by atoms with van der Waals surface area (Å²) in [5.41, 5.74) is 5.29. The van der Waals surface area contributed by atoms with Gasteiger partial charge in [0.15, 0.2) is 0 Å². The number of likely N-dealkylation sites (tertiary alicyclic amines) is 1. The zero-order valence-electron chi connectivity index (χ0n) is 7.19. The normalized spacial score (nSPS) is 17.2. The van der Waals surface area contributed by atoms with E-state index in [9.17, 15) is 9.59 Å². The smallest absolute Gasteiger partial charge is 0.352 e. The highest BCUT2D eigenvalue weighted by Gasteiger charge is 2.30. The molecule has 0 aliphatic carbocycles. The van der Waals surface area contributed by atoms with Crippen molar-refractivity contribution in [1.82, 2.24) is 4.90 Å². The Bertz CT molecular complexity index is 260. The van der Waals surface area contributed by atoms with Gasteiger partial charge in [-0.2, -0.15) is 0 Å². The number of hydrogen-bond donors (Lipinski definition) is 2. The Morgan fingerprint density at radius 2 is 2.38 bits per heavy atom. The van der Waals surface area contributed by atoms with Crippen LogP contribution in [0.1, 0.15) is 12.8 Å². The second-order valence-corrected chi connectivity index (χ2v) is 2.77. The van der Waals surface area contributed by atoms with Gasteiger partial charge in [0.1, 0.15) is 5.70 Å². The van der Waals surface area contributed by atoms with E-state index in [0.717, 1.165) is 0 Å². The predicted octanol–water partition coefficient (Wildman–Crippen LogP) is -0.464. The van der Waals surface area contributed by atoms with Crippen molar-refractivity contribution >= 4 is 11.9 Å². The number of carboxylic acids is 1. The second kappa shape index (κ2) is 4.04. The van der Waals surface area contributed by atoms with Crippen molar-refractivity contribution in [2.24, 2.45) is 5.73 Å². The third kappa shape index (κ3) is 2.06. The SMILES string of the molecule is NCC/C=C(\C(=O)O)N1CCC1=O. The van der Waals surface area contributed by atoms with Gasteiger partial charge in [0.25, 0.3) is 0 Å². The zero-order chi connectivity index (χ0) is 9.84. The molecular formula is C8H12N2O3. The largest absolute Gasteiger partial charge is 0.477 e. The van der Waals surface area contributed by atoms with Crippen LogP contribution in [0.4, 0.5) is 0 Å². The van der Waals surface area contributed by atoms with E-state index in [-0.39, 0.29) is 11.6 Å². The molecule has 0 spiro atoms. The van der Waals surface area contributed by atoms with Crippen molar-refractivity contribution < 1.29 is 14.7 Å². The molecule has 5 heteroatoms. The van der Waals surface area contributed by atoms with Gasteiger partial charge < -0.3 is 15.7 Å². The maximum absolute atomic E-state index is 10.9. The lowest BCUT2D eigenvalue weighted by Crippen LogP contribution is -2.44. The second-order valence-electron chi connectivity index (χ2n) is 2.77. The van der Waals surface area contributed by atoms with E-state index in [1.807, 2.05) is 0 Å². The van der Waals surface area contributed by atoms with E-state index < -0.39 is 5.97 Å². The molecule has 1 rings (SSSR count). The Labute approximate surface area is 75.8 Å². The first-order valence-electron chi connectivity index (χ1n) is 4.10. The van der Waals surface area contributed by atoms with Crippen LogP contribution in [0, 0.1) is 0 Å². The minimum atomic E-state index is -1.07. The molecule has 0 aromatic heterocycles. The molecule has 1 aliphatic heterocycles. The van der Waals surface area contributed by atoms with E-state index >= 15 is 0 Å². The Balaban J connectivity index is 2.67. The third-order valence-electron chi connectivity index (χ3n) is 1.86. The number of amides is 1. The van der Waals surface area contributed by atoms with Crippen LogP contribution in [-0.2, 0) is 9.59 Å². The van der Waals surface area contributed by atoms with E-state index in [2.05, 4.69) is 0 Å². The average molecular weight is 184 g/mol. The van der Waals surface area contributed by atoms with Crippen LogP contribution in [-0.4, -0.2) is 35.0 Å². The highest BCUT2D eigenvalue weighted by atomic mass is 16.4. The Morgan fingerprint density at radius 1 is 1.69 bits per heavy atom. The molecular weight excluding hydrogens is 172 g/mol. The van der Waals surface area contributed by atoms with Gasteiger partial charge in [-0.3, -0.25) is 4.79 Å². The molecule has 5 nitrogen and oxygen atoms in total. The van der Waals surface area contributed by atoms with Gasteiger partial charge in [-0.25, -0.2) is 4.79 Å². The molecule has 3 N–H and O–H groups in total. The number of carbonyl (C=O) groups is 2. The van der Waals surface area contributed by atoms with Crippen LogP contribution in [0.5, 0.6) is 0 Å². The van der Waals surface area contributed by atoms with Gasteiger partial charge in [-0.1, -0.05) is 6.08 Å². The van der Waals surface area contributed by atoms with Gasteiger partial charge in [0, 0.05) is 13.0 Å². The van der Waals surface area contributed by atoms with Gasteiger partial charge in [0.05, 0.1) is 0 Å². The molecule has 0 unspecified atom stereocenters. The van der Waals surface area contributed by atoms with Crippen LogP contribution >= 0.6 is 0 Å². The van der Waals surface area contributed by atoms with Crippen molar-refractivity contribution in [3.63, 3.8) is 0 Å². The molecule has 0 aromatic carbocycles. The van der Waals surface area contributed by atoms with Gasteiger partial charge in [0.2, 0.25) is 5.91 Å². The molecule has 1 saturated heterocycles. The van der Waals surface area contributed by atoms with Gasteiger partial charge in [-0.05, 0) is 13.0 Å². The van der Waals surface area contributed by atoms with Crippen molar-refractivity contribution in [2.45, 2.75) is 12.8 Å². The molecule has 1 heterocycles. The quantitative estimate of drug-likeness (QED) is 0.457. The number of carboxylic acid groups (broad SMARTS) is 1. The van der Waals surface area contributed by atoms with Crippen LogP contribution in [0.3, 0.4) is 0 Å². The molecule has 0 saturated carbocycles. The van der Waals surface area contributed by atoms with E-state index in [1.165, 1.54) is 11.0 Å². The van der Waals surface area contributed by atoms with Crippen LogP contribution in [0.25, 0.3) is 0 Å². The maximum atomic E-state index is 10.9. The number of β-lactam (4-membered cyclic amide) rings is 1. The number of rotatable bonds is 4. The van der Waals surface area contributed by atoms with Gasteiger partial charge in [-0.15, -0.1) is 0 Å². The molecule has 0 bridgehead atoms. The minimum absolute atomic E-state index is 0.0571. The first kappa shape index (κ1) is 9.73. The summed E-state index contributed by atoms with van der Waals surface area (Å²) in [5.74, 6) is -1.20. The Morgan fingerprint density at radius 3 is 2.69 bits per heavy atom. The molecule has 0 aromatic rings. The molecule has 72 valence electrons. The predicted molar refractivity (Wildman–Crippen MR) is 45.7 cm³/mol. The molecule has 1 fully saturated rings. The summed E-state index contributed by atoms with van der Waals surface area (Å²) in [7, 11) is 0. The van der Waals surface area contributed by atoms with E-state index in [0.29, 0.717) is 25.9 Å². The van der Waals surface area contributed by atoms with Crippen molar-refractivity contribution in [3.05, 3.63) is 11.8 Å². The fraction of sp³-hybridized carbons (Fsp3) is 0.500. The number of hydrogen-bond acceptors (Lipinski definition) is 3. The molecule has 13 heavy (non-hydrogen) atoms. The number of carbonyl (C=O) groups excluding carboxylic acids is 1. The highest BCUT2D eigenvalue weighted by molar-refractivity contribution is 5.95. The van der Waals surface area contributed by atoms with Crippen LogP contribution < -0.4 is 5.73 Å². The minimum Gasteiger partial charge on any atom is -0.477 e. The highest BCUT2D eigenvalue weighted by Crippen LogP contribution is 2.16. The van der Waals surface area contributed by atoms with Crippen molar-refractivity contribution in [3.8, 4) is 0 Å². The Hall–Kier alpha value is -1.36. The first-order chi connectivity index (χ1) is 6.16. The maximum Gasteiger partial charge on any atom is 0.352 e. The van der Waals surface area contributed by atoms with Crippen LogP contribution in [0.15, 0.2) is 11.8 Å². The van der Waals surface area contributed by atoms with E-state index in [4.69, 9.17) is 10.8 Å². The summed E-state index contributed by atoms with van der Waals surface area (Å²) in [4.78, 5) is 22.9. The summed E-state index contributed by atoms with van der Waals surface area (Å²) in [6.45, 7) is 0.889. The number of aliphatic carboxylic acids is 1. The zero-order valence-corrected chi connectivity index (χ0v) is 7.19. The fourth-order valence-electron chi connectivity index (χ4n) is 1.10. The monoisotopic (exact) mass is 184 g/mol.